The van der Waals surface area contributed by atoms with Crippen molar-refractivity contribution in [2.75, 3.05) is 37.6 Å². The van der Waals surface area contributed by atoms with E-state index < -0.39 is 0 Å². The number of amidine groups is 1. The van der Waals surface area contributed by atoms with E-state index in [0.29, 0.717) is 5.25 Å². The van der Waals surface area contributed by atoms with Gasteiger partial charge < -0.3 is 9.80 Å². The highest BCUT2D eigenvalue weighted by atomic mass is 32.2. The van der Waals surface area contributed by atoms with Crippen molar-refractivity contribution in [3.05, 3.63) is 24.3 Å². The Labute approximate surface area is 132 Å². The van der Waals surface area contributed by atoms with Gasteiger partial charge in [0.05, 0.1) is 16.8 Å². The summed E-state index contributed by atoms with van der Waals surface area (Å²) >= 11 is 3.72. The minimum atomic E-state index is 0.641. The molecule has 0 amide bonds. The summed E-state index contributed by atoms with van der Waals surface area (Å²) in [4.78, 5) is 14.2. The van der Waals surface area contributed by atoms with Gasteiger partial charge in [0.1, 0.15) is 0 Å². The van der Waals surface area contributed by atoms with Crippen LogP contribution in [0.2, 0.25) is 0 Å². The van der Waals surface area contributed by atoms with Gasteiger partial charge in [-0.3, -0.25) is 4.99 Å². The van der Waals surface area contributed by atoms with Gasteiger partial charge in [0.2, 0.25) is 0 Å². The molecule has 0 radical (unpaired) electrons. The molecule has 4 nitrogen and oxygen atoms in total. The van der Waals surface area contributed by atoms with Crippen LogP contribution in [-0.4, -0.2) is 53.0 Å². The molecule has 0 saturated carbocycles. The van der Waals surface area contributed by atoms with E-state index in [4.69, 9.17) is 4.98 Å². The van der Waals surface area contributed by atoms with Gasteiger partial charge in [0, 0.05) is 31.4 Å². The van der Waals surface area contributed by atoms with Gasteiger partial charge in [0.25, 0.3) is 0 Å². The number of rotatable bonds is 1. The molecule has 1 atom stereocenters. The number of anilines is 1. The van der Waals surface area contributed by atoms with Crippen molar-refractivity contribution in [2.24, 2.45) is 4.99 Å². The van der Waals surface area contributed by atoms with Crippen molar-refractivity contribution < 1.29 is 0 Å². The van der Waals surface area contributed by atoms with Crippen molar-refractivity contribution in [2.45, 2.75) is 12.2 Å². The number of benzene rings is 1. The van der Waals surface area contributed by atoms with Gasteiger partial charge in [-0.15, -0.1) is 0 Å². The van der Waals surface area contributed by atoms with Crippen LogP contribution < -0.4 is 4.90 Å². The van der Waals surface area contributed by atoms with Crippen molar-refractivity contribution >= 4 is 43.6 Å². The first kappa shape index (κ1) is 13.4. The molecular formula is C15H18N4S2. The number of nitrogens with zero attached hydrogens (tertiary/aromatic N) is 4. The zero-order valence-electron chi connectivity index (χ0n) is 12.0. The van der Waals surface area contributed by atoms with Crippen molar-refractivity contribution in [3.8, 4) is 0 Å². The largest absolute Gasteiger partial charge is 0.348 e. The van der Waals surface area contributed by atoms with Gasteiger partial charge in [-0.1, -0.05) is 42.2 Å². The predicted molar refractivity (Wildman–Crippen MR) is 92.8 cm³/mol. The third kappa shape index (κ3) is 2.62. The van der Waals surface area contributed by atoms with E-state index >= 15 is 0 Å². The van der Waals surface area contributed by atoms with E-state index in [9.17, 15) is 0 Å². The molecule has 0 N–H and O–H groups in total. The monoisotopic (exact) mass is 318 g/mol. The Kier molecular flexibility index (Phi) is 3.51. The normalized spacial score (nSPS) is 22.9. The van der Waals surface area contributed by atoms with Crippen LogP contribution >= 0.6 is 23.1 Å². The van der Waals surface area contributed by atoms with Gasteiger partial charge in [-0.25, -0.2) is 4.98 Å². The number of aliphatic imine (C=N–C) groups is 1. The van der Waals surface area contributed by atoms with Crippen LogP contribution in [0, 0.1) is 0 Å². The Morgan fingerprint density at radius 3 is 2.57 bits per heavy atom. The molecule has 1 aromatic heterocycles. The summed E-state index contributed by atoms with van der Waals surface area (Å²) in [6.07, 6.45) is 0. The first-order valence-corrected chi connectivity index (χ1v) is 9.06. The predicted octanol–water partition coefficient (Wildman–Crippen LogP) is 2.91. The average Bonchev–Trinajstić information content (AvgIpc) is 3.13. The molecule has 1 aromatic carbocycles. The summed E-state index contributed by atoms with van der Waals surface area (Å²) in [5.74, 6) is 0. The average molecular weight is 318 g/mol. The maximum atomic E-state index is 4.76. The Bertz CT molecular complexity index is 640. The number of thiazole rings is 1. The van der Waals surface area contributed by atoms with Crippen molar-refractivity contribution in [1.29, 1.82) is 0 Å². The smallest absolute Gasteiger partial charge is 0.186 e. The Balaban J connectivity index is 1.45. The molecule has 2 aliphatic heterocycles. The zero-order chi connectivity index (χ0) is 14.2. The van der Waals surface area contributed by atoms with Gasteiger partial charge in [-0.2, -0.15) is 0 Å². The van der Waals surface area contributed by atoms with E-state index in [0.717, 1.165) is 43.4 Å². The fraction of sp³-hybridized carbons (Fsp3) is 0.467. The number of hydrogen-bond acceptors (Lipinski definition) is 6. The molecule has 2 aliphatic rings. The van der Waals surface area contributed by atoms with E-state index in [1.165, 1.54) is 9.87 Å². The number of piperazine rings is 1. The molecule has 0 spiro atoms. The van der Waals surface area contributed by atoms with E-state index in [2.05, 4.69) is 46.0 Å². The molecule has 21 heavy (non-hydrogen) atoms. The lowest BCUT2D eigenvalue weighted by atomic mass is 10.3. The Hall–Kier alpha value is -1.27. The second kappa shape index (κ2) is 5.50. The van der Waals surface area contributed by atoms with Crippen LogP contribution in [0.15, 0.2) is 29.3 Å². The summed E-state index contributed by atoms with van der Waals surface area (Å²) < 4.78 is 1.28. The topological polar surface area (TPSA) is 31.7 Å². The highest BCUT2D eigenvalue weighted by Crippen LogP contribution is 2.30. The summed E-state index contributed by atoms with van der Waals surface area (Å²) in [5, 5.41) is 3.04. The second-order valence-corrected chi connectivity index (χ2v) is 7.90. The van der Waals surface area contributed by atoms with Crippen LogP contribution in [0.4, 0.5) is 5.13 Å². The highest BCUT2D eigenvalue weighted by molar-refractivity contribution is 8.14. The lowest BCUT2D eigenvalue weighted by molar-refractivity contribution is 0.392. The molecule has 3 heterocycles. The summed E-state index contributed by atoms with van der Waals surface area (Å²) in [6, 6.07) is 8.38. The number of aromatic nitrogens is 1. The summed E-state index contributed by atoms with van der Waals surface area (Å²) in [6.45, 7) is 7.39. The number of para-hydroxylation sites is 1. The molecule has 0 aliphatic carbocycles. The first-order chi connectivity index (χ1) is 10.3. The molecule has 2 aromatic rings. The molecular weight excluding hydrogens is 300 g/mol. The van der Waals surface area contributed by atoms with Crippen LogP contribution in [0.1, 0.15) is 6.92 Å². The second-order valence-electron chi connectivity index (χ2n) is 5.49. The molecule has 110 valence electrons. The van der Waals surface area contributed by atoms with E-state index in [-0.39, 0.29) is 0 Å². The van der Waals surface area contributed by atoms with Crippen LogP contribution in [0.3, 0.4) is 0 Å². The molecule has 1 unspecified atom stereocenters. The minimum Gasteiger partial charge on any atom is -0.348 e. The lowest BCUT2D eigenvalue weighted by Crippen LogP contribution is -2.47. The number of fused-ring (bicyclic) bond motifs is 1. The third-order valence-electron chi connectivity index (χ3n) is 3.89. The zero-order valence-corrected chi connectivity index (χ0v) is 13.7. The molecule has 1 fully saturated rings. The summed E-state index contributed by atoms with van der Waals surface area (Å²) in [7, 11) is 0. The van der Waals surface area contributed by atoms with Crippen LogP contribution in [0.5, 0.6) is 0 Å². The maximum Gasteiger partial charge on any atom is 0.186 e. The molecule has 0 bridgehead atoms. The Morgan fingerprint density at radius 2 is 1.86 bits per heavy atom. The third-order valence-corrected chi connectivity index (χ3v) is 6.14. The quantitative estimate of drug-likeness (QED) is 0.809. The highest BCUT2D eigenvalue weighted by Gasteiger charge is 2.25. The van der Waals surface area contributed by atoms with Crippen molar-refractivity contribution in [3.63, 3.8) is 0 Å². The maximum absolute atomic E-state index is 4.76. The van der Waals surface area contributed by atoms with Gasteiger partial charge >= 0.3 is 0 Å². The SMILES string of the molecule is CC1CN=C(N2CCN(c3nc4ccccc4s3)CC2)S1. The number of thioether (sulfide) groups is 1. The fourth-order valence-corrected chi connectivity index (χ4v) is 4.73. The molecule has 1 saturated heterocycles. The minimum absolute atomic E-state index is 0.641. The van der Waals surface area contributed by atoms with E-state index in [1.807, 2.05) is 11.8 Å². The van der Waals surface area contributed by atoms with E-state index in [1.54, 1.807) is 11.3 Å². The Morgan fingerprint density at radius 1 is 1.10 bits per heavy atom. The number of hydrogen-bond donors (Lipinski definition) is 0. The lowest BCUT2D eigenvalue weighted by Gasteiger charge is -2.35. The standard InChI is InChI=1S/C15H18N4S2/c1-11-10-16-14(20-11)18-6-8-19(9-7-18)15-17-12-4-2-3-5-13(12)21-15/h2-5,11H,6-10H2,1H3. The van der Waals surface area contributed by atoms with Crippen LogP contribution in [-0.2, 0) is 0 Å². The van der Waals surface area contributed by atoms with Gasteiger partial charge in [0.15, 0.2) is 10.3 Å². The summed E-state index contributed by atoms with van der Waals surface area (Å²) in [5.41, 5.74) is 1.12. The van der Waals surface area contributed by atoms with Crippen molar-refractivity contribution in [1.82, 2.24) is 9.88 Å². The first-order valence-electron chi connectivity index (χ1n) is 7.36. The molecule has 6 heteroatoms. The van der Waals surface area contributed by atoms with Crippen LogP contribution in [0.25, 0.3) is 10.2 Å². The molecule has 4 rings (SSSR count). The van der Waals surface area contributed by atoms with Gasteiger partial charge in [-0.05, 0) is 12.1 Å². The fourth-order valence-electron chi connectivity index (χ4n) is 2.72.